The minimum atomic E-state index is -0.351. The Morgan fingerprint density at radius 2 is 1.16 bits per heavy atom. The number of unbranched alkanes of at least 4 members (excludes halogenated alkanes) is 5. The summed E-state index contributed by atoms with van der Waals surface area (Å²) in [5.74, 6) is -1.07. The molecule has 1 aliphatic rings. The van der Waals surface area contributed by atoms with Crippen LogP contribution in [0.5, 0.6) is 0 Å². The average molecular weight is 510 g/mol. The smallest absolute Gasteiger partial charge is 0.258 e. The summed E-state index contributed by atoms with van der Waals surface area (Å²) in [7, 11) is 0. The molecule has 3 aromatic carbocycles. The molecule has 0 fully saturated rings. The van der Waals surface area contributed by atoms with Gasteiger partial charge in [-0.3, -0.25) is 14.4 Å². The number of carbonyl (C=O) groups is 3. The lowest BCUT2D eigenvalue weighted by molar-refractivity contribution is -0.119. The Kier molecular flexibility index (Phi) is 9.52. The molecule has 2 amide bonds. The van der Waals surface area contributed by atoms with Crippen molar-refractivity contribution in [1.82, 2.24) is 0 Å². The number of halogens is 1. The van der Waals surface area contributed by atoms with E-state index in [9.17, 15) is 18.8 Å². The number of ketones is 1. The van der Waals surface area contributed by atoms with Gasteiger partial charge in [0.15, 0.2) is 5.78 Å². The van der Waals surface area contributed by atoms with Gasteiger partial charge in [-0.2, -0.15) is 0 Å². The summed E-state index contributed by atoms with van der Waals surface area (Å²) in [5, 5.41) is 0. The predicted octanol–water partition coefficient (Wildman–Crippen LogP) is 7.28. The molecular weight excluding hydrogens is 477 g/mol. The molecule has 38 heavy (non-hydrogen) atoms. The van der Waals surface area contributed by atoms with Gasteiger partial charge in [0.05, 0.1) is 5.69 Å². The molecule has 0 saturated carbocycles. The van der Waals surface area contributed by atoms with Crippen molar-refractivity contribution in [1.29, 1.82) is 0 Å². The molecule has 194 valence electrons. The van der Waals surface area contributed by atoms with Crippen molar-refractivity contribution in [2.45, 2.75) is 51.4 Å². The first-order valence-corrected chi connectivity index (χ1v) is 13.2. The number of hydrogen-bond donors (Lipinski definition) is 0. The molecule has 0 aromatic heterocycles. The van der Waals surface area contributed by atoms with Crippen molar-refractivity contribution in [3.8, 4) is 0 Å². The van der Waals surface area contributed by atoms with Crippen LogP contribution in [0.3, 0.4) is 0 Å². The number of allylic oxidation sites excluding steroid dienone is 1. The molecule has 0 aliphatic carbocycles. The zero-order valence-corrected chi connectivity index (χ0v) is 21.4. The van der Waals surface area contributed by atoms with Gasteiger partial charge in [-0.15, -0.1) is 0 Å². The fourth-order valence-electron chi connectivity index (χ4n) is 4.51. The third kappa shape index (κ3) is 7.69. The molecule has 4 rings (SSSR count). The van der Waals surface area contributed by atoms with Crippen molar-refractivity contribution < 1.29 is 18.8 Å². The van der Waals surface area contributed by atoms with Crippen LogP contribution in [0.4, 0.5) is 10.1 Å². The number of hydrogen-bond acceptors (Lipinski definition) is 3. The van der Waals surface area contributed by atoms with Gasteiger partial charge in [0.1, 0.15) is 5.82 Å². The second kappa shape index (κ2) is 13.4. The fourth-order valence-corrected chi connectivity index (χ4v) is 4.51. The van der Waals surface area contributed by atoms with Crippen molar-refractivity contribution in [3.63, 3.8) is 0 Å². The second-order valence-electron chi connectivity index (χ2n) is 9.58. The van der Waals surface area contributed by atoms with Crippen LogP contribution in [-0.4, -0.2) is 17.6 Å². The molecule has 0 saturated heterocycles. The molecule has 5 heteroatoms. The Balaban J connectivity index is 1.07. The zero-order chi connectivity index (χ0) is 26.7. The molecule has 0 unspecified atom stereocenters. The van der Waals surface area contributed by atoms with Crippen molar-refractivity contribution >= 4 is 29.4 Å². The number of benzene rings is 3. The van der Waals surface area contributed by atoms with Crippen LogP contribution >= 0.6 is 0 Å². The number of imide groups is 1. The summed E-state index contributed by atoms with van der Waals surface area (Å²) in [6.07, 6.45) is 15.1. The minimum Gasteiger partial charge on any atom is -0.289 e. The van der Waals surface area contributed by atoms with Crippen LogP contribution in [0.25, 0.3) is 6.08 Å². The van der Waals surface area contributed by atoms with E-state index in [2.05, 4.69) is 12.1 Å². The highest BCUT2D eigenvalue weighted by Gasteiger charge is 2.24. The standard InChI is InChI=1S/C33H32FNO3/c34-29-18-16-28(17-19-29)31(36)22-15-27-11-9-25(10-12-27)7-5-3-1-2-4-6-8-26-13-20-30(21-14-26)35-32(37)23-24-33(35)38/h9-24H,1-8H2. The summed E-state index contributed by atoms with van der Waals surface area (Å²) >= 11 is 0. The van der Waals surface area contributed by atoms with E-state index >= 15 is 0 Å². The van der Waals surface area contributed by atoms with Crippen molar-refractivity contribution in [2.75, 3.05) is 4.90 Å². The van der Waals surface area contributed by atoms with E-state index in [0.29, 0.717) is 11.3 Å². The number of anilines is 1. The molecule has 3 aromatic rings. The number of amides is 2. The van der Waals surface area contributed by atoms with Gasteiger partial charge >= 0.3 is 0 Å². The van der Waals surface area contributed by atoms with Crippen LogP contribution in [-0.2, 0) is 22.4 Å². The van der Waals surface area contributed by atoms with E-state index in [1.807, 2.05) is 36.4 Å². The third-order valence-electron chi connectivity index (χ3n) is 6.72. The highest BCUT2D eigenvalue weighted by atomic mass is 19.1. The first kappa shape index (κ1) is 26.9. The summed E-state index contributed by atoms with van der Waals surface area (Å²) in [5.41, 5.74) is 4.58. The molecule has 0 bridgehead atoms. The Hall–Kier alpha value is -4.12. The maximum Gasteiger partial charge on any atom is 0.258 e. The lowest BCUT2D eigenvalue weighted by Gasteiger charge is -2.14. The maximum absolute atomic E-state index is 13.0. The quantitative estimate of drug-likeness (QED) is 0.105. The van der Waals surface area contributed by atoms with Gasteiger partial charge in [0.25, 0.3) is 11.8 Å². The molecule has 0 radical (unpaired) electrons. The number of aryl methyl sites for hydroxylation is 2. The molecule has 0 atom stereocenters. The van der Waals surface area contributed by atoms with Crippen LogP contribution in [0.2, 0.25) is 0 Å². The maximum atomic E-state index is 13.0. The van der Waals surface area contributed by atoms with Crippen LogP contribution < -0.4 is 4.90 Å². The third-order valence-corrected chi connectivity index (χ3v) is 6.72. The largest absolute Gasteiger partial charge is 0.289 e. The molecule has 0 N–H and O–H groups in total. The minimum absolute atomic E-state index is 0.141. The van der Waals surface area contributed by atoms with Crippen LogP contribution in [0.15, 0.2) is 91.0 Å². The summed E-state index contributed by atoms with van der Waals surface area (Å²) in [6, 6.07) is 21.5. The van der Waals surface area contributed by atoms with Gasteiger partial charge in [0.2, 0.25) is 0 Å². The summed E-state index contributed by atoms with van der Waals surface area (Å²) in [6.45, 7) is 0. The van der Waals surface area contributed by atoms with Crippen LogP contribution in [0.1, 0.15) is 65.6 Å². The fraction of sp³-hybridized carbons (Fsp3) is 0.242. The van der Waals surface area contributed by atoms with Gasteiger partial charge in [-0.25, -0.2) is 9.29 Å². The Labute approximate surface area is 223 Å². The van der Waals surface area contributed by atoms with Crippen molar-refractivity contribution in [2.24, 2.45) is 0 Å². The van der Waals surface area contributed by atoms with Gasteiger partial charge in [-0.05, 0) is 84.8 Å². The topological polar surface area (TPSA) is 54.5 Å². The molecule has 1 aliphatic heterocycles. The zero-order valence-electron chi connectivity index (χ0n) is 21.4. The van der Waals surface area contributed by atoms with E-state index in [1.165, 1.54) is 84.2 Å². The first-order chi connectivity index (χ1) is 18.5. The predicted molar refractivity (Wildman–Crippen MR) is 149 cm³/mol. The lowest BCUT2D eigenvalue weighted by atomic mass is 10.0. The highest BCUT2D eigenvalue weighted by molar-refractivity contribution is 6.28. The van der Waals surface area contributed by atoms with E-state index in [0.717, 1.165) is 31.2 Å². The first-order valence-electron chi connectivity index (χ1n) is 13.2. The summed E-state index contributed by atoms with van der Waals surface area (Å²) in [4.78, 5) is 36.9. The van der Waals surface area contributed by atoms with Gasteiger partial charge < -0.3 is 0 Å². The normalized spacial score (nSPS) is 13.1. The number of rotatable bonds is 13. The van der Waals surface area contributed by atoms with Gasteiger partial charge in [-0.1, -0.05) is 68.2 Å². The molecule has 4 nitrogen and oxygen atoms in total. The Bertz CT molecular complexity index is 1290. The summed E-state index contributed by atoms with van der Waals surface area (Å²) < 4.78 is 13.0. The SMILES string of the molecule is O=C(C=Cc1ccc(CCCCCCCCc2ccc(N3C(=O)C=CC3=O)cc2)cc1)c1ccc(F)cc1. The van der Waals surface area contributed by atoms with Gasteiger partial charge in [0, 0.05) is 17.7 Å². The molecule has 1 heterocycles. The monoisotopic (exact) mass is 509 g/mol. The number of nitrogens with zero attached hydrogens (tertiary/aromatic N) is 1. The van der Waals surface area contributed by atoms with E-state index in [-0.39, 0.29) is 23.4 Å². The molecular formula is C33H32FNO3. The highest BCUT2D eigenvalue weighted by Crippen LogP contribution is 2.20. The van der Waals surface area contributed by atoms with Crippen molar-refractivity contribution in [3.05, 3.63) is 119 Å². The number of carbonyl (C=O) groups excluding carboxylic acids is 3. The average Bonchev–Trinajstić information content (AvgIpc) is 3.27. The van der Waals surface area contributed by atoms with E-state index < -0.39 is 0 Å². The van der Waals surface area contributed by atoms with E-state index in [1.54, 1.807) is 6.08 Å². The molecule has 0 spiro atoms. The lowest BCUT2D eigenvalue weighted by Crippen LogP contribution is -2.29. The Morgan fingerprint density at radius 3 is 1.71 bits per heavy atom. The Morgan fingerprint density at radius 1 is 0.658 bits per heavy atom. The van der Waals surface area contributed by atoms with Crippen LogP contribution in [0, 0.1) is 5.82 Å². The van der Waals surface area contributed by atoms with E-state index in [4.69, 9.17) is 0 Å². The second-order valence-corrected chi connectivity index (χ2v) is 9.58.